The molecule has 1 aliphatic rings. The lowest BCUT2D eigenvalue weighted by molar-refractivity contribution is 0.0895. The van der Waals surface area contributed by atoms with Gasteiger partial charge >= 0.3 is 0 Å². The molecular weight excluding hydrogens is 298 g/mol. The van der Waals surface area contributed by atoms with Gasteiger partial charge in [0.15, 0.2) is 0 Å². The second kappa shape index (κ2) is 5.37. The van der Waals surface area contributed by atoms with Gasteiger partial charge in [-0.25, -0.2) is 8.42 Å². The Kier molecular flexibility index (Phi) is 4.12. The molecule has 1 aromatic rings. The van der Waals surface area contributed by atoms with Crippen molar-refractivity contribution in [2.45, 2.75) is 44.6 Å². The van der Waals surface area contributed by atoms with Crippen LogP contribution in [0.15, 0.2) is 17.0 Å². The molecule has 0 bridgehead atoms. The van der Waals surface area contributed by atoms with Crippen molar-refractivity contribution in [3.8, 4) is 0 Å². The molecule has 0 aliphatic heterocycles. The summed E-state index contributed by atoms with van der Waals surface area (Å²) in [5.74, 6) is 0.402. The Morgan fingerprint density at radius 1 is 1.25 bits per heavy atom. The molecule has 6 heteroatoms. The predicted molar refractivity (Wildman–Crippen MR) is 78.6 cm³/mol. The topological polar surface area (TPSA) is 63.2 Å². The highest BCUT2D eigenvalue weighted by Gasteiger charge is 2.28. The van der Waals surface area contributed by atoms with Crippen molar-refractivity contribution in [3.05, 3.63) is 28.8 Å². The van der Waals surface area contributed by atoms with Crippen molar-refractivity contribution >= 4 is 25.6 Å². The van der Waals surface area contributed by atoms with Crippen molar-refractivity contribution in [2.75, 3.05) is 0 Å². The predicted octanol–water partition coefficient (Wildman–Crippen LogP) is 2.76. The van der Waals surface area contributed by atoms with Crippen LogP contribution in [-0.2, 0) is 9.05 Å². The van der Waals surface area contributed by atoms with E-state index in [0.717, 1.165) is 18.4 Å². The molecule has 1 fully saturated rings. The number of halogens is 1. The fourth-order valence-electron chi connectivity index (χ4n) is 2.62. The SMILES string of the molecule is Cc1cc(C)c(S(=O)(=O)Cl)cc1C(=O)NC1CC(C)C1. The maximum atomic E-state index is 12.2. The highest BCUT2D eigenvalue weighted by molar-refractivity contribution is 8.13. The van der Waals surface area contributed by atoms with Gasteiger partial charge in [0.05, 0.1) is 4.90 Å². The maximum absolute atomic E-state index is 12.2. The molecule has 1 N–H and O–H groups in total. The number of rotatable bonds is 3. The third-order valence-electron chi connectivity index (χ3n) is 3.74. The second-order valence-corrected chi connectivity index (χ2v) is 8.15. The lowest BCUT2D eigenvalue weighted by Crippen LogP contribution is -2.43. The standard InChI is InChI=1S/C14H18ClNO3S/c1-8-4-11(5-8)16-14(17)12-7-13(20(15,18)19)10(3)6-9(12)2/h6-8,11H,4-5H2,1-3H3,(H,16,17). The summed E-state index contributed by atoms with van der Waals surface area (Å²) in [6, 6.07) is 3.23. The summed E-state index contributed by atoms with van der Waals surface area (Å²) in [6.45, 7) is 5.59. The van der Waals surface area contributed by atoms with Crippen molar-refractivity contribution < 1.29 is 13.2 Å². The fraction of sp³-hybridized carbons (Fsp3) is 0.500. The van der Waals surface area contributed by atoms with Crippen LogP contribution in [0.1, 0.15) is 41.3 Å². The van der Waals surface area contributed by atoms with Gasteiger partial charge < -0.3 is 5.32 Å². The minimum Gasteiger partial charge on any atom is -0.349 e. The van der Waals surface area contributed by atoms with Crippen molar-refractivity contribution in [1.29, 1.82) is 0 Å². The van der Waals surface area contributed by atoms with E-state index in [1.54, 1.807) is 19.9 Å². The van der Waals surface area contributed by atoms with Crippen LogP contribution in [0, 0.1) is 19.8 Å². The highest BCUT2D eigenvalue weighted by atomic mass is 35.7. The monoisotopic (exact) mass is 315 g/mol. The minimum absolute atomic E-state index is 0.00288. The van der Waals surface area contributed by atoms with Gasteiger partial charge in [0, 0.05) is 22.3 Å². The van der Waals surface area contributed by atoms with E-state index in [1.165, 1.54) is 6.07 Å². The molecule has 1 saturated carbocycles. The molecule has 0 atom stereocenters. The van der Waals surface area contributed by atoms with Crippen LogP contribution in [0.5, 0.6) is 0 Å². The van der Waals surface area contributed by atoms with Gasteiger partial charge in [-0.1, -0.05) is 13.0 Å². The molecule has 1 aromatic carbocycles. The number of amides is 1. The van der Waals surface area contributed by atoms with Gasteiger partial charge in [-0.2, -0.15) is 0 Å². The van der Waals surface area contributed by atoms with Crippen LogP contribution >= 0.6 is 10.7 Å². The Morgan fingerprint density at radius 2 is 1.85 bits per heavy atom. The number of hydrogen-bond donors (Lipinski definition) is 1. The van der Waals surface area contributed by atoms with E-state index >= 15 is 0 Å². The number of hydrogen-bond acceptors (Lipinski definition) is 3. The van der Waals surface area contributed by atoms with Gasteiger partial charge in [0.2, 0.25) is 0 Å². The molecular formula is C14H18ClNO3S. The number of aryl methyl sites for hydroxylation is 2. The summed E-state index contributed by atoms with van der Waals surface area (Å²) in [4.78, 5) is 12.2. The summed E-state index contributed by atoms with van der Waals surface area (Å²) >= 11 is 0. The Labute approximate surface area is 123 Å². The molecule has 0 radical (unpaired) electrons. The van der Waals surface area contributed by atoms with Crippen LogP contribution in [0.25, 0.3) is 0 Å². The highest BCUT2D eigenvalue weighted by Crippen LogP contribution is 2.28. The third kappa shape index (κ3) is 3.15. The Hall–Kier alpha value is -1.07. The maximum Gasteiger partial charge on any atom is 0.261 e. The molecule has 0 unspecified atom stereocenters. The molecule has 4 nitrogen and oxygen atoms in total. The molecule has 110 valence electrons. The van der Waals surface area contributed by atoms with Crippen LogP contribution in [0.2, 0.25) is 0 Å². The van der Waals surface area contributed by atoms with Gasteiger partial charge in [0.1, 0.15) is 0 Å². The van der Waals surface area contributed by atoms with E-state index in [-0.39, 0.29) is 16.8 Å². The van der Waals surface area contributed by atoms with Crippen LogP contribution in [0.3, 0.4) is 0 Å². The van der Waals surface area contributed by atoms with E-state index < -0.39 is 9.05 Å². The van der Waals surface area contributed by atoms with Crippen LogP contribution < -0.4 is 5.32 Å². The molecule has 0 spiro atoms. The number of carbonyl (C=O) groups excluding carboxylic acids is 1. The Morgan fingerprint density at radius 3 is 2.35 bits per heavy atom. The van der Waals surface area contributed by atoms with E-state index in [0.29, 0.717) is 17.0 Å². The van der Waals surface area contributed by atoms with E-state index in [1.807, 2.05) is 0 Å². The first-order valence-corrected chi connectivity index (χ1v) is 8.86. The minimum atomic E-state index is -3.84. The van der Waals surface area contributed by atoms with Gasteiger partial charge in [-0.05, 0) is 49.8 Å². The van der Waals surface area contributed by atoms with Gasteiger partial charge in [-0.3, -0.25) is 4.79 Å². The summed E-state index contributed by atoms with van der Waals surface area (Å²) < 4.78 is 23.0. The lowest BCUT2D eigenvalue weighted by atomic mass is 9.82. The van der Waals surface area contributed by atoms with Crippen molar-refractivity contribution in [1.82, 2.24) is 5.32 Å². The normalized spacial score (nSPS) is 22.2. The number of nitrogens with one attached hydrogen (secondary N) is 1. The third-order valence-corrected chi connectivity index (χ3v) is 5.20. The van der Waals surface area contributed by atoms with Crippen molar-refractivity contribution in [2.24, 2.45) is 5.92 Å². The summed E-state index contributed by atoms with van der Waals surface area (Å²) in [5, 5.41) is 2.93. The quantitative estimate of drug-likeness (QED) is 0.872. The lowest BCUT2D eigenvalue weighted by Gasteiger charge is -2.33. The summed E-state index contributed by atoms with van der Waals surface area (Å²) in [7, 11) is 1.55. The Balaban J connectivity index is 2.29. The zero-order chi connectivity index (χ0) is 15.1. The molecule has 1 amide bonds. The number of carbonyl (C=O) groups is 1. The van der Waals surface area contributed by atoms with Crippen LogP contribution in [0.4, 0.5) is 0 Å². The smallest absolute Gasteiger partial charge is 0.261 e. The largest absolute Gasteiger partial charge is 0.349 e. The Bertz CT molecular complexity index is 649. The number of benzene rings is 1. The van der Waals surface area contributed by atoms with Gasteiger partial charge in [0.25, 0.3) is 15.0 Å². The first-order valence-electron chi connectivity index (χ1n) is 6.55. The molecule has 1 aliphatic carbocycles. The fourth-order valence-corrected chi connectivity index (χ4v) is 3.82. The van der Waals surface area contributed by atoms with E-state index in [2.05, 4.69) is 12.2 Å². The average Bonchev–Trinajstić information content (AvgIpc) is 2.24. The second-order valence-electron chi connectivity index (χ2n) is 5.62. The van der Waals surface area contributed by atoms with Crippen molar-refractivity contribution in [3.63, 3.8) is 0 Å². The average molecular weight is 316 g/mol. The molecule has 0 saturated heterocycles. The summed E-state index contributed by atoms with van der Waals surface area (Å²) in [5.41, 5.74) is 1.66. The van der Waals surface area contributed by atoms with Crippen LogP contribution in [-0.4, -0.2) is 20.4 Å². The van der Waals surface area contributed by atoms with E-state index in [9.17, 15) is 13.2 Å². The molecule has 0 aromatic heterocycles. The summed E-state index contributed by atoms with van der Waals surface area (Å²) in [6.07, 6.45) is 1.94. The molecule has 0 heterocycles. The first-order chi connectivity index (χ1) is 9.18. The molecule has 20 heavy (non-hydrogen) atoms. The van der Waals surface area contributed by atoms with E-state index in [4.69, 9.17) is 10.7 Å². The van der Waals surface area contributed by atoms with Gasteiger partial charge in [-0.15, -0.1) is 0 Å². The zero-order valence-electron chi connectivity index (χ0n) is 11.7. The first kappa shape index (κ1) is 15.3. The molecule has 2 rings (SSSR count). The zero-order valence-corrected chi connectivity index (χ0v) is 13.3.